The van der Waals surface area contributed by atoms with Crippen LogP contribution in [0.2, 0.25) is 0 Å². The van der Waals surface area contributed by atoms with Crippen LogP contribution in [-0.2, 0) is 4.79 Å². The number of carbonyl (C=O) groups excluding carboxylic acids is 1. The van der Waals surface area contributed by atoms with Gasteiger partial charge in [-0.2, -0.15) is 4.98 Å². The lowest BCUT2D eigenvalue weighted by Crippen LogP contribution is -2.41. The number of carboxylic acids is 1. The molecule has 110 valence electrons. The average molecular weight is 282 g/mol. The van der Waals surface area contributed by atoms with E-state index in [2.05, 4.69) is 20.8 Å². The van der Waals surface area contributed by atoms with Gasteiger partial charge < -0.3 is 20.3 Å². The highest BCUT2D eigenvalue weighted by Gasteiger charge is 2.26. The van der Waals surface area contributed by atoms with Gasteiger partial charge in [-0.1, -0.05) is 18.5 Å². The number of aromatic nitrogens is 2. The van der Waals surface area contributed by atoms with Crippen molar-refractivity contribution in [2.24, 2.45) is 0 Å². The van der Waals surface area contributed by atoms with Crippen LogP contribution < -0.4 is 10.6 Å². The Morgan fingerprint density at radius 2 is 2.40 bits per heavy atom. The second kappa shape index (κ2) is 6.47. The van der Waals surface area contributed by atoms with Gasteiger partial charge in [0.25, 0.3) is 11.7 Å². The molecule has 3 N–H and O–H groups in total. The summed E-state index contributed by atoms with van der Waals surface area (Å²) >= 11 is 0. The molecule has 2 heterocycles. The maximum absolute atomic E-state index is 11.9. The monoisotopic (exact) mass is 282 g/mol. The van der Waals surface area contributed by atoms with Crippen molar-refractivity contribution >= 4 is 11.9 Å². The zero-order chi connectivity index (χ0) is 14.5. The van der Waals surface area contributed by atoms with Gasteiger partial charge in [-0.25, -0.2) is 4.79 Å². The van der Waals surface area contributed by atoms with Crippen molar-refractivity contribution in [2.45, 2.75) is 44.7 Å². The van der Waals surface area contributed by atoms with E-state index >= 15 is 0 Å². The van der Waals surface area contributed by atoms with E-state index in [9.17, 15) is 9.59 Å². The predicted octanol–water partition coefficient (Wildman–Crippen LogP) is 0.477. The Morgan fingerprint density at radius 3 is 3.00 bits per heavy atom. The second-order valence-electron chi connectivity index (χ2n) is 4.76. The van der Waals surface area contributed by atoms with Crippen molar-refractivity contribution in [3.05, 3.63) is 11.7 Å². The second-order valence-corrected chi connectivity index (χ2v) is 4.76. The Bertz CT molecular complexity index is 482. The molecule has 0 aliphatic carbocycles. The summed E-state index contributed by atoms with van der Waals surface area (Å²) in [6.07, 6.45) is 2.92. The molecule has 2 atom stereocenters. The minimum Gasteiger partial charge on any atom is -0.480 e. The molecule has 1 fully saturated rings. The van der Waals surface area contributed by atoms with E-state index in [1.807, 2.05) is 6.92 Å². The fraction of sp³-hybridized carbons (Fsp3) is 0.667. The Hall–Kier alpha value is -1.96. The van der Waals surface area contributed by atoms with Crippen LogP contribution in [0.4, 0.5) is 0 Å². The molecule has 1 aromatic rings. The van der Waals surface area contributed by atoms with Crippen LogP contribution in [0.25, 0.3) is 0 Å². The summed E-state index contributed by atoms with van der Waals surface area (Å²) in [5.74, 6) is -1.45. The van der Waals surface area contributed by atoms with Crippen LogP contribution >= 0.6 is 0 Å². The van der Waals surface area contributed by atoms with Gasteiger partial charge in [-0.15, -0.1) is 0 Å². The van der Waals surface area contributed by atoms with E-state index in [0.717, 1.165) is 19.4 Å². The van der Waals surface area contributed by atoms with Crippen LogP contribution in [0.5, 0.6) is 0 Å². The van der Waals surface area contributed by atoms with Gasteiger partial charge in [0.05, 0.1) is 6.04 Å². The van der Waals surface area contributed by atoms with Crippen molar-refractivity contribution in [1.29, 1.82) is 0 Å². The Labute approximate surface area is 115 Å². The molecule has 0 radical (unpaired) electrons. The smallest absolute Gasteiger partial charge is 0.326 e. The third-order valence-corrected chi connectivity index (χ3v) is 3.18. The first kappa shape index (κ1) is 14.4. The Balaban J connectivity index is 1.99. The molecule has 0 saturated carbocycles. The first-order valence-electron chi connectivity index (χ1n) is 6.72. The lowest BCUT2D eigenvalue weighted by molar-refractivity contribution is -0.139. The molecule has 1 aliphatic rings. The summed E-state index contributed by atoms with van der Waals surface area (Å²) in [5.41, 5.74) is 0. The summed E-state index contributed by atoms with van der Waals surface area (Å²) in [7, 11) is 0. The fourth-order valence-electron chi connectivity index (χ4n) is 2.13. The number of rotatable bonds is 6. The van der Waals surface area contributed by atoms with Crippen molar-refractivity contribution in [3.63, 3.8) is 0 Å². The number of carbonyl (C=O) groups is 2. The van der Waals surface area contributed by atoms with Gasteiger partial charge in [0.2, 0.25) is 5.89 Å². The van der Waals surface area contributed by atoms with Gasteiger partial charge in [0, 0.05) is 0 Å². The largest absolute Gasteiger partial charge is 0.480 e. The number of hydrogen-bond donors (Lipinski definition) is 3. The molecule has 1 aromatic heterocycles. The number of carboxylic acid groups (broad SMARTS) is 1. The summed E-state index contributed by atoms with van der Waals surface area (Å²) in [5, 5.41) is 18.2. The molecule has 0 spiro atoms. The minimum atomic E-state index is -1.07. The minimum absolute atomic E-state index is 0.0186. The van der Waals surface area contributed by atoms with E-state index in [-0.39, 0.29) is 11.9 Å². The van der Waals surface area contributed by atoms with Gasteiger partial charge in [0.1, 0.15) is 6.04 Å². The molecule has 8 heteroatoms. The third kappa shape index (κ3) is 3.32. The van der Waals surface area contributed by atoms with E-state index in [1.165, 1.54) is 0 Å². The van der Waals surface area contributed by atoms with Crippen LogP contribution in [0.15, 0.2) is 4.52 Å². The maximum Gasteiger partial charge on any atom is 0.326 e. The highest BCUT2D eigenvalue weighted by atomic mass is 16.5. The molecule has 8 nitrogen and oxygen atoms in total. The summed E-state index contributed by atoms with van der Waals surface area (Å²) in [6, 6.07) is -0.950. The number of nitrogens with zero attached hydrogens (tertiary/aromatic N) is 2. The molecule has 1 saturated heterocycles. The number of aliphatic carboxylic acids is 1. The van der Waals surface area contributed by atoms with Gasteiger partial charge in [-0.05, 0) is 25.8 Å². The standard InChI is InChI=1S/C12H18N4O4/c1-2-4-8(12(18)19)14-10(17)9-15-11(20-16-9)7-5-3-6-13-7/h7-8,13H,2-6H2,1H3,(H,14,17)(H,18,19)/t7?,8-/m1/s1. The lowest BCUT2D eigenvalue weighted by atomic mass is 10.1. The van der Waals surface area contributed by atoms with Crippen LogP contribution in [0, 0.1) is 0 Å². The molecule has 20 heavy (non-hydrogen) atoms. The Kier molecular flexibility index (Phi) is 4.67. The molecule has 1 amide bonds. The highest BCUT2D eigenvalue weighted by molar-refractivity contribution is 5.93. The molecular weight excluding hydrogens is 264 g/mol. The van der Waals surface area contributed by atoms with E-state index in [0.29, 0.717) is 18.7 Å². The SMILES string of the molecule is CCC[C@@H](NC(=O)c1noc(C2CCCN2)n1)C(=O)O. The summed E-state index contributed by atoms with van der Waals surface area (Å²) < 4.78 is 5.04. The van der Waals surface area contributed by atoms with Crippen LogP contribution in [0.1, 0.15) is 55.2 Å². The number of hydrogen-bond acceptors (Lipinski definition) is 6. The first-order chi connectivity index (χ1) is 9.61. The topological polar surface area (TPSA) is 117 Å². The van der Waals surface area contributed by atoms with Gasteiger partial charge in [-0.3, -0.25) is 4.79 Å². The number of nitrogens with one attached hydrogen (secondary N) is 2. The molecule has 2 rings (SSSR count). The number of amides is 1. The maximum atomic E-state index is 11.9. The van der Waals surface area contributed by atoms with E-state index in [1.54, 1.807) is 0 Å². The zero-order valence-corrected chi connectivity index (χ0v) is 11.3. The Morgan fingerprint density at radius 1 is 1.60 bits per heavy atom. The fourth-order valence-corrected chi connectivity index (χ4v) is 2.13. The average Bonchev–Trinajstić information content (AvgIpc) is 3.08. The van der Waals surface area contributed by atoms with Crippen LogP contribution in [-0.4, -0.2) is 39.7 Å². The van der Waals surface area contributed by atoms with Gasteiger partial charge >= 0.3 is 5.97 Å². The van der Waals surface area contributed by atoms with Crippen molar-refractivity contribution in [1.82, 2.24) is 20.8 Å². The highest BCUT2D eigenvalue weighted by Crippen LogP contribution is 2.20. The van der Waals surface area contributed by atoms with E-state index in [4.69, 9.17) is 9.63 Å². The predicted molar refractivity (Wildman–Crippen MR) is 68.1 cm³/mol. The first-order valence-corrected chi connectivity index (χ1v) is 6.72. The molecular formula is C12H18N4O4. The molecule has 1 unspecified atom stereocenters. The van der Waals surface area contributed by atoms with E-state index < -0.39 is 17.9 Å². The van der Waals surface area contributed by atoms with Crippen LogP contribution in [0.3, 0.4) is 0 Å². The molecule has 0 bridgehead atoms. The normalized spacial score (nSPS) is 19.8. The van der Waals surface area contributed by atoms with Gasteiger partial charge in [0.15, 0.2) is 0 Å². The summed E-state index contributed by atoms with van der Waals surface area (Å²) in [6.45, 7) is 2.73. The molecule has 0 aromatic carbocycles. The van der Waals surface area contributed by atoms with Crippen molar-refractivity contribution in [3.8, 4) is 0 Å². The lowest BCUT2D eigenvalue weighted by Gasteiger charge is -2.11. The summed E-state index contributed by atoms with van der Waals surface area (Å²) in [4.78, 5) is 26.9. The molecule has 1 aliphatic heterocycles. The van der Waals surface area contributed by atoms with Crippen molar-refractivity contribution in [2.75, 3.05) is 6.54 Å². The third-order valence-electron chi connectivity index (χ3n) is 3.18. The quantitative estimate of drug-likeness (QED) is 0.694. The zero-order valence-electron chi connectivity index (χ0n) is 11.3. The van der Waals surface area contributed by atoms with Crippen molar-refractivity contribution < 1.29 is 19.2 Å².